The van der Waals surface area contributed by atoms with E-state index in [2.05, 4.69) is 44.7 Å². The van der Waals surface area contributed by atoms with Gasteiger partial charge in [0.05, 0.1) is 0 Å². The van der Waals surface area contributed by atoms with Gasteiger partial charge in [0.1, 0.15) is 5.75 Å². The van der Waals surface area contributed by atoms with Crippen LogP contribution in [-0.4, -0.2) is 23.1 Å². The molecule has 1 aromatic rings. The lowest BCUT2D eigenvalue weighted by Gasteiger charge is -2.33. The minimum Gasteiger partial charge on any atom is -0.508 e. The van der Waals surface area contributed by atoms with E-state index in [0.29, 0.717) is 11.8 Å². The van der Waals surface area contributed by atoms with Crippen molar-refractivity contribution in [1.29, 1.82) is 0 Å². The molecule has 1 unspecified atom stereocenters. The van der Waals surface area contributed by atoms with Crippen molar-refractivity contribution in [2.75, 3.05) is 13.1 Å². The average Bonchev–Trinajstić information content (AvgIpc) is 2.45. The molecule has 0 aliphatic heterocycles. The molecule has 0 amide bonds. The fourth-order valence-electron chi connectivity index (χ4n) is 2.76. The lowest BCUT2D eigenvalue weighted by molar-refractivity contribution is 0.166. The highest BCUT2D eigenvalue weighted by molar-refractivity contribution is 5.28. The van der Waals surface area contributed by atoms with Crippen molar-refractivity contribution in [2.45, 2.75) is 53.0 Å². The summed E-state index contributed by atoms with van der Waals surface area (Å²) in [5.74, 6) is 1.13. The molecule has 1 rings (SSSR count). The van der Waals surface area contributed by atoms with Crippen molar-refractivity contribution in [1.82, 2.24) is 4.90 Å². The summed E-state index contributed by atoms with van der Waals surface area (Å²) in [6, 6.07) is 8.16. The second kappa shape index (κ2) is 8.21. The number of phenolic OH excluding ortho intramolecular Hbond substituents is 1. The Hall–Kier alpha value is -1.02. The van der Waals surface area contributed by atoms with Crippen LogP contribution in [0.2, 0.25) is 0 Å². The Bertz CT molecular complexity index is 343. The topological polar surface area (TPSA) is 23.5 Å². The first-order valence-electron chi connectivity index (χ1n) is 7.69. The van der Waals surface area contributed by atoms with Gasteiger partial charge in [-0.1, -0.05) is 52.7 Å². The van der Waals surface area contributed by atoms with Crippen LogP contribution in [0.15, 0.2) is 24.3 Å². The molecule has 0 aromatic heterocycles. The zero-order valence-corrected chi connectivity index (χ0v) is 12.9. The third kappa shape index (κ3) is 4.54. The standard InChI is InChI=1S/C17H29NO/c1-5-14(6-2)13-18(8-4)17(7-3)15-9-11-16(19)12-10-15/h9-12,14,17,19H,5-8,13H2,1-4H3. The van der Waals surface area contributed by atoms with Gasteiger partial charge in [0, 0.05) is 12.6 Å². The summed E-state index contributed by atoms with van der Waals surface area (Å²) in [6.45, 7) is 11.3. The summed E-state index contributed by atoms with van der Waals surface area (Å²) in [7, 11) is 0. The van der Waals surface area contributed by atoms with Crippen LogP contribution in [-0.2, 0) is 0 Å². The van der Waals surface area contributed by atoms with E-state index in [1.807, 2.05) is 0 Å². The van der Waals surface area contributed by atoms with Crippen LogP contribution < -0.4 is 0 Å². The van der Waals surface area contributed by atoms with E-state index in [1.54, 1.807) is 12.1 Å². The van der Waals surface area contributed by atoms with Gasteiger partial charge in [0.15, 0.2) is 0 Å². The Kier molecular flexibility index (Phi) is 6.93. The summed E-state index contributed by atoms with van der Waals surface area (Å²) in [6.07, 6.45) is 3.61. The summed E-state index contributed by atoms with van der Waals surface area (Å²) in [5.41, 5.74) is 1.31. The fraction of sp³-hybridized carbons (Fsp3) is 0.647. The average molecular weight is 263 g/mol. The van der Waals surface area contributed by atoms with Gasteiger partial charge in [-0.05, 0) is 36.6 Å². The minimum atomic E-state index is 0.349. The molecule has 0 aliphatic rings. The van der Waals surface area contributed by atoms with Gasteiger partial charge in [-0.2, -0.15) is 0 Å². The first-order chi connectivity index (χ1) is 9.15. The summed E-state index contributed by atoms with van der Waals surface area (Å²) < 4.78 is 0. The molecule has 2 heteroatoms. The van der Waals surface area contributed by atoms with E-state index in [4.69, 9.17) is 0 Å². The molecule has 1 N–H and O–H groups in total. The Balaban J connectivity index is 2.82. The molecule has 2 nitrogen and oxygen atoms in total. The number of nitrogens with zero attached hydrogens (tertiary/aromatic N) is 1. The third-order valence-electron chi connectivity index (χ3n) is 4.16. The molecule has 1 atom stereocenters. The smallest absolute Gasteiger partial charge is 0.115 e. The molecule has 1 aromatic carbocycles. The molecule has 108 valence electrons. The van der Waals surface area contributed by atoms with E-state index in [0.717, 1.165) is 18.9 Å². The van der Waals surface area contributed by atoms with E-state index in [9.17, 15) is 5.11 Å². The number of hydrogen-bond donors (Lipinski definition) is 1. The zero-order chi connectivity index (χ0) is 14.3. The van der Waals surface area contributed by atoms with Crippen molar-refractivity contribution < 1.29 is 5.11 Å². The van der Waals surface area contributed by atoms with Crippen molar-refractivity contribution in [3.05, 3.63) is 29.8 Å². The normalized spacial score (nSPS) is 13.2. The van der Waals surface area contributed by atoms with Gasteiger partial charge in [0.2, 0.25) is 0 Å². The second-order valence-corrected chi connectivity index (χ2v) is 5.29. The Morgan fingerprint density at radius 3 is 1.95 bits per heavy atom. The molecule has 0 spiro atoms. The van der Waals surface area contributed by atoms with Crippen LogP contribution in [0.25, 0.3) is 0 Å². The molecule has 0 radical (unpaired) electrons. The molecule has 0 fully saturated rings. The molecule has 0 saturated heterocycles. The summed E-state index contributed by atoms with van der Waals surface area (Å²) in [5, 5.41) is 9.41. The lowest BCUT2D eigenvalue weighted by Crippen LogP contribution is -2.33. The first-order valence-corrected chi connectivity index (χ1v) is 7.69. The Morgan fingerprint density at radius 1 is 0.947 bits per heavy atom. The fourth-order valence-corrected chi connectivity index (χ4v) is 2.76. The molecule has 0 bridgehead atoms. The van der Waals surface area contributed by atoms with E-state index in [-0.39, 0.29) is 0 Å². The van der Waals surface area contributed by atoms with Crippen molar-refractivity contribution in [3.63, 3.8) is 0 Å². The number of rotatable bonds is 8. The van der Waals surface area contributed by atoms with Gasteiger partial charge >= 0.3 is 0 Å². The quantitative estimate of drug-likeness (QED) is 0.741. The van der Waals surface area contributed by atoms with Crippen molar-refractivity contribution in [3.8, 4) is 5.75 Å². The third-order valence-corrected chi connectivity index (χ3v) is 4.16. The number of phenols is 1. The highest BCUT2D eigenvalue weighted by atomic mass is 16.3. The highest BCUT2D eigenvalue weighted by Crippen LogP contribution is 2.27. The second-order valence-electron chi connectivity index (χ2n) is 5.29. The van der Waals surface area contributed by atoms with Crippen molar-refractivity contribution in [2.24, 2.45) is 5.92 Å². The van der Waals surface area contributed by atoms with Crippen molar-refractivity contribution >= 4 is 0 Å². The maximum Gasteiger partial charge on any atom is 0.115 e. The van der Waals surface area contributed by atoms with Crippen LogP contribution in [0.1, 0.15) is 58.6 Å². The van der Waals surface area contributed by atoms with E-state index < -0.39 is 0 Å². The first kappa shape index (κ1) is 16.0. The zero-order valence-electron chi connectivity index (χ0n) is 12.9. The molecular weight excluding hydrogens is 234 g/mol. The maximum absolute atomic E-state index is 9.41. The SMILES string of the molecule is CCC(CC)CN(CC)C(CC)c1ccc(O)cc1. The summed E-state index contributed by atoms with van der Waals surface area (Å²) in [4.78, 5) is 2.57. The highest BCUT2D eigenvalue weighted by Gasteiger charge is 2.19. The lowest BCUT2D eigenvalue weighted by atomic mass is 9.98. The van der Waals surface area contributed by atoms with Crippen LogP contribution in [0.5, 0.6) is 5.75 Å². The number of benzene rings is 1. The Morgan fingerprint density at radius 2 is 1.53 bits per heavy atom. The predicted octanol–water partition coefficient (Wildman–Crippen LogP) is 4.60. The maximum atomic E-state index is 9.41. The minimum absolute atomic E-state index is 0.349. The Labute approximate surface area is 118 Å². The largest absolute Gasteiger partial charge is 0.508 e. The van der Waals surface area contributed by atoms with Gasteiger partial charge in [-0.3, -0.25) is 4.90 Å². The van der Waals surface area contributed by atoms with Gasteiger partial charge < -0.3 is 5.11 Å². The van der Waals surface area contributed by atoms with E-state index >= 15 is 0 Å². The van der Waals surface area contributed by atoms with E-state index in [1.165, 1.54) is 24.9 Å². The molecule has 0 saturated carbocycles. The van der Waals surface area contributed by atoms with Crippen LogP contribution in [0, 0.1) is 5.92 Å². The summed E-state index contributed by atoms with van der Waals surface area (Å²) >= 11 is 0. The molecular formula is C17H29NO. The van der Waals surface area contributed by atoms with Gasteiger partial charge in [-0.25, -0.2) is 0 Å². The van der Waals surface area contributed by atoms with Crippen LogP contribution in [0.4, 0.5) is 0 Å². The van der Waals surface area contributed by atoms with Gasteiger partial charge in [-0.15, -0.1) is 0 Å². The number of aromatic hydroxyl groups is 1. The number of hydrogen-bond acceptors (Lipinski definition) is 2. The molecule has 0 aliphatic carbocycles. The molecule has 19 heavy (non-hydrogen) atoms. The van der Waals surface area contributed by atoms with Crippen LogP contribution >= 0.6 is 0 Å². The monoisotopic (exact) mass is 263 g/mol. The predicted molar refractivity (Wildman–Crippen MR) is 82.5 cm³/mol. The van der Waals surface area contributed by atoms with Crippen LogP contribution in [0.3, 0.4) is 0 Å². The van der Waals surface area contributed by atoms with Gasteiger partial charge in [0.25, 0.3) is 0 Å². The molecule has 0 heterocycles.